The lowest BCUT2D eigenvalue weighted by Gasteiger charge is -2.12. The fourth-order valence-corrected chi connectivity index (χ4v) is 7.00. The monoisotopic (exact) mass is 584 g/mol. The fraction of sp³-hybridized carbons (Fsp3) is 0.400. The number of rotatable bonds is 7. The predicted molar refractivity (Wildman–Crippen MR) is 171 cm³/mol. The lowest BCUT2D eigenvalue weighted by Crippen LogP contribution is -2.16. The molecule has 2 aromatic heterocycles. The van der Waals surface area contributed by atoms with E-state index in [0.29, 0.717) is 28.4 Å². The van der Waals surface area contributed by atoms with Gasteiger partial charge in [-0.1, -0.05) is 68.9 Å². The Hall–Kier alpha value is -3.71. The van der Waals surface area contributed by atoms with Crippen LogP contribution in [-0.2, 0) is 17.6 Å². The zero-order chi connectivity index (χ0) is 29.3. The van der Waals surface area contributed by atoms with Crippen molar-refractivity contribution in [1.29, 1.82) is 0 Å². The predicted octanol–water partition coefficient (Wildman–Crippen LogP) is 9.01. The van der Waals surface area contributed by atoms with E-state index in [-0.39, 0.29) is 18.5 Å². The van der Waals surface area contributed by atoms with Crippen LogP contribution in [0.5, 0.6) is 5.75 Å². The average Bonchev–Trinajstić information content (AvgIpc) is 3.33. The number of thiophene rings is 1. The second-order valence-corrected chi connectivity index (χ2v) is 11.8. The van der Waals surface area contributed by atoms with Crippen molar-refractivity contribution in [2.75, 3.05) is 18.5 Å². The Morgan fingerprint density at radius 2 is 1.60 bits per heavy atom. The molecule has 0 radical (unpaired) electrons. The van der Waals surface area contributed by atoms with E-state index in [1.807, 2.05) is 68.4 Å². The van der Waals surface area contributed by atoms with E-state index < -0.39 is 0 Å². The summed E-state index contributed by atoms with van der Waals surface area (Å²) in [5.74, 6) is 0.132. The third-order valence-corrected chi connectivity index (χ3v) is 8.99. The van der Waals surface area contributed by atoms with Crippen LogP contribution in [-0.4, -0.2) is 30.1 Å². The summed E-state index contributed by atoms with van der Waals surface area (Å²) in [7, 11) is 0. The number of ether oxygens (including phenoxy) is 2. The van der Waals surface area contributed by atoms with Gasteiger partial charge in [-0.15, -0.1) is 11.3 Å². The number of aromatic nitrogens is 1. The van der Waals surface area contributed by atoms with Crippen molar-refractivity contribution >= 4 is 39.1 Å². The molecule has 5 rings (SSSR count). The summed E-state index contributed by atoms with van der Waals surface area (Å²) in [6.45, 7) is 4.62. The first-order chi connectivity index (χ1) is 20.6. The number of para-hydroxylation sites is 1. The maximum atomic E-state index is 14.1. The highest BCUT2D eigenvalue weighted by atomic mass is 32.1. The van der Waals surface area contributed by atoms with Crippen LogP contribution in [0.4, 0.5) is 5.00 Å². The van der Waals surface area contributed by atoms with E-state index in [9.17, 15) is 9.59 Å². The molecule has 1 amide bonds. The highest BCUT2D eigenvalue weighted by Crippen LogP contribution is 2.38. The molecule has 2 heterocycles. The van der Waals surface area contributed by atoms with Crippen LogP contribution in [0.15, 0.2) is 54.6 Å². The summed E-state index contributed by atoms with van der Waals surface area (Å²) >= 11 is 1.54. The second kappa shape index (κ2) is 14.5. The molecule has 0 unspecified atom stereocenters. The van der Waals surface area contributed by atoms with E-state index in [1.54, 1.807) is 0 Å². The van der Waals surface area contributed by atoms with Gasteiger partial charge in [0.15, 0.2) is 0 Å². The molecule has 1 N–H and O–H groups in total. The maximum Gasteiger partial charge on any atom is 0.341 e. The molecule has 7 heteroatoms. The molecule has 4 aromatic rings. The molecule has 1 aliphatic carbocycles. The molecule has 0 spiro atoms. The summed E-state index contributed by atoms with van der Waals surface area (Å²) in [6, 6.07) is 17.2. The van der Waals surface area contributed by atoms with Crippen molar-refractivity contribution in [1.82, 2.24) is 4.98 Å². The number of benzene rings is 2. The molecule has 1 aliphatic rings. The van der Waals surface area contributed by atoms with Crippen LogP contribution in [0.25, 0.3) is 22.2 Å². The van der Waals surface area contributed by atoms with E-state index in [1.165, 1.54) is 48.3 Å². The summed E-state index contributed by atoms with van der Waals surface area (Å²) in [4.78, 5) is 33.5. The molecular weight excluding hydrogens is 544 g/mol. The quantitative estimate of drug-likeness (QED) is 0.219. The fourth-order valence-electron chi connectivity index (χ4n) is 5.73. The summed E-state index contributed by atoms with van der Waals surface area (Å²) < 4.78 is 11.2. The number of aryl methyl sites for hydroxylation is 1. The van der Waals surface area contributed by atoms with Gasteiger partial charge >= 0.3 is 5.97 Å². The normalized spacial score (nSPS) is 14.3. The number of nitrogens with zero attached hydrogens (tertiary/aromatic N) is 1. The Labute approximate surface area is 252 Å². The van der Waals surface area contributed by atoms with Gasteiger partial charge in [0, 0.05) is 15.8 Å². The van der Waals surface area contributed by atoms with Gasteiger partial charge in [-0.3, -0.25) is 4.79 Å². The average molecular weight is 585 g/mol. The molecule has 0 bridgehead atoms. The lowest BCUT2D eigenvalue weighted by molar-refractivity contribution is 0.0526. The second-order valence-electron chi connectivity index (χ2n) is 10.7. The number of carbonyl (C=O) groups excluding carboxylic acids is 2. The Balaban J connectivity index is 1.54. The van der Waals surface area contributed by atoms with Crippen LogP contribution in [0.1, 0.15) is 96.4 Å². The number of nitrogens with one attached hydrogen (secondary N) is 1. The van der Waals surface area contributed by atoms with Gasteiger partial charge in [0.05, 0.1) is 35.6 Å². The van der Waals surface area contributed by atoms with Gasteiger partial charge in [0.2, 0.25) is 0 Å². The number of carbonyl (C=O) groups is 2. The van der Waals surface area contributed by atoms with E-state index >= 15 is 0 Å². The largest absolute Gasteiger partial charge is 0.494 e. The standard InChI is InChI=1S/C35H40N2O4S/c1-3-40-25-17-15-16-24(22-25)30-23-28(26-18-13-14-20-29(26)36-30)33(38)37-34-32(35(39)41-4-2)27-19-11-9-7-5-6-8-10-12-21-31(27)42-34/h13-18,20,22-23H,3-12,19,21H2,1-2H3,(H,37,38). The van der Waals surface area contributed by atoms with E-state index in [2.05, 4.69) is 5.32 Å². The Morgan fingerprint density at radius 3 is 2.36 bits per heavy atom. The zero-order valence-electron chi connectivity index (χ0n) is 24.7. The molecule has 2 aromatic carbocycles. The van der Waals surface area contributed by atoms with Gasteiger partial charge in [0.1, 0.15) is 10.8 Å². The van der Waals surface area contributed by atoms with Crippen LogP contribution in [0.2, 0.25) is 0 Å². The third kappa shape index (κ3) is 7.01. The van der Waals surface area contributed by atoms with Crippen LogP contribution >= 0.6 is 11.3 Å². The number of hydrogen-bond acceptors (Lipinski definition) is 6. The van der Waals surface area contributed by atoms with Gasteiger partial charge in [-0.2, -0.15) is 0 Å². The first kappa shape index (κ1) is 29.8. The topological polar surface area (TPSA) is 77.5 Å². The summed E-state index contributed by atoms with van der Waals surface area (Å²) in [5, 5.41) is 4.49. The van der Waals surface area contributed by atoms with E-state index in [0.717, 1.165) is 59.9 Å². The molecule has 0 atom stereocenters. The summed E-state index contributed by atoms with van der Waals surface area (Å²) in [5.41, 5.74) is 4.38. The Morgan fingerprint density at radius 1 is 0.857 bits per heavy atom. The Bertz CT molecular complexity index is 1540. The van der Waals surface area contributed by atoms with Gasteiger partial charge in [0.25, 0.3) is 5.91 Å². The number of esters is 1. The van der Waals surface area contributed by atoms with Crippen molar-refractivity contribution in [3.05, 3.63) is 76.2 Å². The van der Waals surface area contributed by atoms with Crippen molar-refractivity contribution < 1.29 is 19.1 Å². The minimum atomic E-state index is -0.356. The van der Waals surface area contributed by atoms with Gasteiger partial charge in [-0.05, 0) is 69.4 Å². The van der Waals surface area contributed by atoms with Crippen molar-refractivity contribution in [3.63, 3.8) is 0 Å². The number of amides is 1. The molecule has 6 nitrogen and oxygen atoms in total. The molecule has 0 aliphatic heterocycles. The highest BCUT2D eigenvalue weighted by Gasteiger charge is 2.26. The molecule has 220 valence electrons. The van der Waals surface area contributed by atoms with Crippen LogP contribution in [0, 0.1) is 0 Å². The first-order valence-corrected chi connectivity index (χ1v) is 16.2. The van der Waals surface area contributed by atoms with Crippen molar-refractivity contribution in [2.45, 2.75) is 78.1 Å². The van der Waals surface area contributed by atoms with Gasteiger partial charge in [-0.25, -0.2) is 9.78 Å². The third-order valence-electron chi connectivity index (χ3n) is 7.78. The number of hydrogen-bond donors (Lipinski definition) is 1. The van der Waals surface area contributed by atoms with Crippen LogP contribution in [0.3, 0.4) is 0 Å². The van der Waals surface area contributed by atoms with Gasteiger partial charge < -0.3 is 14.8 Å². The zero-order valence-corrected chi connectivity index (χ0v) is 25.5. The summed E-state index contributed by atoms with van der Waals surface area (Å²) in [6.07, 6.45) is 11.2. The molecule has 0 saturated heterocycles. The molecular formula is C35H40N2O4S. The lowest BCUT2D eigenvalue weighted by atomic mass is 9.97. The van der Waals surface area contributed by atoms with Crippen molar-refractivity contribution in [2.24, 2.45) is 0 Å². The maximum absolute atomic E-state index is 14.1. The smallest absolute Gasteiger partial charge is 0.341 e. The molecule has 42 heavy (non-hydrogen) atoms. The highest BCUT2D eigenvalue weighted by molar-refractivity contribution is 7.17. The minimum absolute atomic E-state index is 0.265. The van der Waals surface area contributed by atoms with Crippen LogP contribution < -0.4 is 10.1 Å². The number of fused-ring (bicyclic) bond motifs is 2. The van der Waals surface area contributed by atoms with Crippen molar-refractivity contribution in [3.8, 4) is 17.0 Å². The minimum Gasteiger partial charge on any atom is -0.494 e. The first-order valence-electron chi connectivity index (χ1n) is 15.3. The number of pyridine rings is 1. The molecule has 0 saturated carbocycles. The number of anilines is 1. The molecule has 0 fully saturated rings. The SMILES string of the molecule is CCOC(=O)c1c(NC(=O)c2cc(-c3cccc(OCC)c3)nc3ccccc23)sc2c1CCCCCCCCCC2. The Kier molecular flexibility index (Phi) is 10.2. The van der Waals surface area contributed by atoms with E-state index in [4.69, 9.17) is 14.5 Å².